The number of anilines is 1. The Morgan fingerprint density at radius 2 is 1.69 bits per heavy atom. The van der Waals surface area contributed by atoms with Gasteiger partial charge < -0.3 is 14.5 Å². The van der Waals surface area contributed by atoms with Gasteiger partial charge in [-0.3, -0.25) is 9.69 Å². The molecule has 1 saturated carbocycles. The fourth-order valence-electron chi connectivity index (χ4n) is 4.26. The van der Waals surface area contributed by atoms with Crippen molar-refractivity contribution < 1.29 is 9.53 Å². The summed E-state index contributed by atoms with van der Waals surface area (Å²) in [5.74, 6) is 1.17. The van der Waals surface area contributed by atoms with E-state index < -0.39 is 0 Å². The minimum Gasteiger partial charge on any atom is -0.497 e. The molecule has 1 aliphatic heterocycles. The monoisotopic (exact) mass is 359 g/mol. The van der Waals surface area contributed by atoms with Gasteiger partial charge in [-0.1, -0.05) is 19.3 Å². The van der Waals surface area contributed by atoms with Crippen molar-refractivity contribution in [3.63, 3.8) is 0 Å². The van der Waals surface area contributed by atoms with Crippen LogP contribution in [-0.4, -0.2) is 68.1 Å². The molecule has 0 radical (unpaired) electrons. The van der Waals surface area contributed by atoms with Gasteiger partial charge in [0.2, 0.25) is 5.91 Å². The fraction of sp³-hybridized carbons (Fsp3) is 0.667. The van der Waals surface area contributed by atoms with Crippen LogP contribution in [0.1, 0.15) is 39.0 Å². The van der Waals surface area contributed by atoms with Crippen molar-refractivity contribution in [2.45, 2.75) is 51.1 Å². The highest BCUT2D eigenvalue weighted by Gasteiger charge is 2.30. The number of hydrogen-bond donors (Lipinski definition) is 0. The standard InChI is InChI=1S/C21H33N3O2/c1-17(21(25)22(2)18-7-5-4-6-8-18)23-13-15-24(16-14-23)19-9-11-20(26-3)12-10-19/h9-12,17-18H,4-8,13-16H2,1-3H3/t17-/m0/s1. The van der Waals surface area contributed by atoms with Crippen LogP contribution in [0.5, 0.6) is 5.75 Å². The summed E-state index contributed by atoms with van der Waals surface area (Å²) in [4.78, 5) is 19.7. The van der Waals surface area contributed by atoms with Crippen LogP contribution in [0.3, 0.4) is 0 Å². The van der Waals surface area contributed by atoms with Gasteiger partial charge in [-0.05, 0) is 44.0 Å². The minimum absolute atomic E-state index is 0.0278. The van der Waals surface area contributed by atoms with Gasteiger partial charge in [0.15, 0.2) is 0 Å². The Morgan fingerprint density at radius 3 is 2.27 bits per heavy atom. The van der Waals surface area contributed by atoms with Crippen molar-refractivity contribution in [2.75, 3.05) is 45.2 Å². The van der Waals surface area contributed by atoms with Gasteiger partial charge in [0.05, 0.1) is 13.2 Å². The number of carbonyl (C=O) groups is 1. The van der Waals surface area contributed by atoms with Crippen molar-refractivity contribution in [3.05, 3.63) is 24.3 Å². The average molecular weight is 360 g/mol. The molecule has 1 aromatic rings. The normalized spacial score (nSPS) is 20.7. The van der Waals surface area contributed by atoms with E-state index >= 15 is 0 Å². The van der Waals surface area contributed by atoms with E-state index in [1.807, 2.05) is 24.1 Å². The van der Waals surface area contributed by atoms with Crippen molar-refractivity contribution in [2.24, 2.45) is 0 Å². The number of methoxy groups -OCH3 is 1. The Kier molecular flexibility index (Phi) is 6.41. The van der Waals surface area contributed by atoms with Gasteiger partial charge in [0.25, 0.3) is 0 Å². The molecule has 2 fully saturated rings. The maximum atomic E-state index is 12.9. The van der Waals surface area contributed by atoms with Crippen LogP contribution in [0.25, 0.3) is 0 Å². The molecule has 1 heterocycles. The molecule has 1 aromatic carbocycles. The number of piperazine rings is 1. The summed E-state index contributed by atoms with van der Waals surface area (Å²) in [7, 11) is 3.69. The second kappa shape index (κ2) is 8.76. The lowest BCUT2D eigenvalue weighted by Gasteiger charge is -2.41. The zero-order valence-corrected chi connectivity index (χ0v) is 16.5. The van der Waals surface area contributed by atoms with E-state index in [9.17, 15) is 4.79 Å². The SMILES string of the molecule is COc1ccc(N2CCN([C@@H](C)C(=O)N(C)C3CCCCC3)CC2)cc1. The topological polar surface area (TPSA) is 36.0 Å². The first-order chi connectivity index (χ1) is 12.6. The number of ether oxygens (including phenoxy) is 1. The third kappa shape index (κ3) is 4.32. The third-order valence-electron chi connectivity index (χ3n) is 6.13. The van der Waals surface area contributed by atoms with Crippen molar-refractivity contribution in [1.82, 2.24) is 9.80 Å². The zero-order valence-electron chi connectivity index (χ0n) is 16.5. The highest BCUT2D eigenvalue weighted by molar-refractivity contribution is 5.81. The van der Waals surface area contributed by atoms with Crippen molar-refractivity contribution in [1.29, 1.82) is 0 Å². The molecular formula is C21H33N3O2. The van der Waals surface area contributed by atoms with Crippen molar-refractivity contribution in [3.8, 4) is 5.75 Å². The van der Waals surface area contributed by atoms with Gasteiger partial charge >= 0.3 is 0 Å². The molecule has 0 N–H and O–H groups in total. The number of carbonyl (C=O) groups excluding carboxylic acids is 1. The Hall–Kier alpha value is -1.75. The molecule has 26 heavy (non-hydrogen) atoms. The maximum Gasteiger partial charge on any atom is 0.239 e. The molecule has 1 aliphatic carbocycles. The minimum atomic E-state index is -0.0278. The predicted octanol–water partition coefficient (Wildman–Crippen LogP) is 3.00. The third-order valence-corrected chi connectivity index (χ3v) is 6.13. The van der Waals surface area contributed by atoms with Gasteiger partial charge in [0.1, 0.15) is 5.75 Å². The second-order valence-corrected chi connectivity index (χ2v) is 7.64. The number of likely N-dealkylation sites (N-methyl/N-ethyl adjacent to an activating group) is 1. The Bertz CT molecular complexity index is 575. The summed E-state index contributed by atoms with van der Waals surface area (Å²) in [6.45, 7) is 5.84. The van der Waals surface area contributed by atoms with E-state index in [2.05, 4.69) is 28.9 Å². The summed E-state index contributed by atoms with van der Waals surface area (Å²) in [5, 5.41) is 0. The molecule has 0 aromatic heterocycles. The molecule has 144 valence electrons. The Morgan fingerprint density at radius 1 is 1.08 bits per heavy atom. The van der Waals surface area contributed by atoms with Crippen LogP contribution < -0.4 is 9.64 Å². The Labute approximate surface area is 157 Å². The van der Waals surface area contributed by atoms with Gasteiger partial charge in [-0.15, -0.1) is 0 Å². The van der Waals surface area contributed by atoms with E-state index in [1.165, 1.54) is 37.8 Å². The van der Waals surface area contributed by atoms with Crippen LogP contribution in [-0.2, 0) is 4.79 Å². The lowest BCUT2D eigenvalue weighted by molar-refractivity contribution is -0.138. The molecule has 2 aliphatic rings. The molecule has 0 spiro atoms. The van der Waals surface area contributed by atoms with E-state index in [-0.39, 0.29) is 11.9 Å². The lowest BCUT2D eigenvalue weighted by atomic mass is 9.94. The van der Waals surface area contributed by atoms with Gasteiger partial charge in [0, 0.05) is 45.0 Å². The number of hydrogen-bond acceptors (Lipinski definition) is 4. The first-order valence-electron chi connectivity index (χ1n) is 10.00. The van der Waals surface area contributed by atoms with Gasteiger partial charge in [-0.25, -0.2) is 0 Å². The second-order valence-electron chi connectivity index (χ2n) is 7.64. The molecule has 5 nitrogen and oxygen atoms in total. The number of nitrogens with zero attached hydrogens (tertiary/aromatic N) is 3. The molecule has 1 saturated heterocycles. The highest BCUT2D eigenvalue weighted by Crippen LogP contribution is 2.24. The number of amides is 1. The van der Waals surface area contributed by atoms with Crippen LogP contribution in [0.4, 0.5) is 5.69 Å². The zero-order chi connectivity index (χ0) is 18.5. The summed E-state index contributed by atoms with van der Waals surface area (Å²) < 4.78 is 5.23. The largest absolute Gasteiger partial charge is 0.497 e. The summed E-state index contributed by atoms with van der Waals surface area (Å²) in [5.41, 5.74) is 1.23. The van der Waals surface area contributed by atoms with E-state index in [0.29, 0.717) is 6.04 Å². The van der Waals surface area contributed by atoms with Crippen LogP contribution in [0, 0.1) is 0 Å². The molecule has 1 atom stereocenters. The van der Waals surface area contributed by atoms with Crippen LogP contribution in [0.15, 0.2) is 24.3 Å². The Balaban J connectivity index is 1.52. The molecule has 0 bridgehead atoms. The average Bonchev–Trinajstić information content (AvgIpc) is 2.73. The molecular weight excluding hydrogens is 326 g/mol. The lowest BCUT2D eigenvalue weighted by Crippen LogP contribution is -2.55. The summed E-state index contributed by atoms with van der Waals surface area (Å²) in [6.07, 6.45) is 6.18. The summed E-state index contributed by atoms with van der Waals surface area (Å²) >= 11 is 0. The quantitative estimate of drug-likeness (QED) is 0.810. The maximum absolute atomic E-state index is 12.9. The first-order valence-corrected chi connectivity index (χ1v) is 10.00. The smallest absolute Gasteiger partial charge is 0.239 e. The molecule has 5 heteroatoms. The van der Waals surface area contributed by atoms with Crippen LogP contribution in [0.2, 0.25) is 0 Å². The van der Waals surface area contributed by atoms with Crippen molar-refractivity contribution >= 4 is 11.6 Å². The summed E-state index contributed by atoms with van der Waals surface area (Å²) in [6, 6.07) is 8.65. The van der Waals surface area contributed by atoms with Crippen LogP contribution >= 0.6 is 0 Å². The molecule has 3 rings (SSSR count). The molecule has 1 amide bonds. The van der Waals surface area contributed by atoms with E-state index in [1.54, 1.807) is 7.11 Å². The predicted molar refractivity (Wildman–Crippen MR) is 106 cm³/mol. The van der Waals surface area contributed by atoms with Gasteiger partial charge in [-0.2, -0.15) is 0 Å². The first kappa shape index (κ1) is 19.0. The fourth-order valence-corrected chi connectivity index (χ4v) is 4.26. The van der Waals surface area contributed by atoms with E-state index in [4.69, 9.17) is 4.74 Å². The molecule has 0 unspecified atom stereocenters. The van der Waals surface area contributed by atoms with E-state index in [0.717, 1.165) is 31.9 Å². The number of benzene rings is 1. The highest BCUT2D eigenvalue weighted by atomic mass is 16.5. The number of rotatable bonds is 5.